The maximum Gasteiger partial charge on any atom is 0.302 e. The van der Waals surface area contributed by atoms with Crippen molar-refractivity contribution < 1.29 is 14.3 Å². The third-order valence-electron chi connectivity index (χ3n) is 13.2. The molecule has 0 aromatic carbocycles. The standard InChI is InChI=1S/C32H50O3/c1-19(2)21-10-11-24-30(21,7)16-17-32(9)27-22(12-15-31(24,32)8)29(6)14-13-26(35-20(3)33)28(4,5)25(29)18-23(27)34/h19,21,24-26H,10-18H2,1-9H3. The van der Waals surface area contributed by atoms with E-state index in [0.29, 0.717) is 23.5 Å². The molecule has 35 heavy (non-hydrogen) atoms. The third-order valence-corrected chi connectivity index (χ3v) is 13.2. The summed E-state index contributed by atoms with van der Waals surface area (Å²) in [5.74, 6) is 2.71. The lowest BCUT2D eigenvalue weighted by Gasteiger charge is -2.67. The minimum absolute atomic E-state index is 0.0153. The number of carbonyl (C=O) groups excluding carboxylic acids is 2. The predicted octanol–water partition coefficient (Wildman–Crippen LogP) is 7.92. The molecular weight excluding hydrogens is 432 g/mol. The second kappa shape index (κ2) is 7.70. The zero-order valence-electron chi connectivity index (χ0n) is 24.0. The van der Waals surface area contributed by atoms with Crippen LogP contribution >= 0.6 is 0 Å². The predicted molar refractivity (Wildman–Crippen MR) is 141 cm³/mol. The van der Waals surface area contributed by atoms with Crippen LogP contribution in [0.15, 0.2) is 11.1 Å². The molecule has 0 radical (unpaired) electrons. The van der Waals surface area contributed by atoms with E-state index in [-0.39, 0.29) is 39.7 Å². The van der Waals surface area contributed by atoms with Crippen LogP contribution in [0.2, 0.25) is 0 Å². The number of ether oxygens (including phenoxy) is 1. The largest absolute Gasteiger partial charge is 0.462 e. The van der Waals surface area contributed by atoms with Crippen LogP contribution in [0, 0.1) is 50.7 Å². The average Bonchev–Trinajstić information content (AvgIpc) is 3.11. The third kappa shape index (κ3) is 3.14. The average molecular weight is 483 g/mol. The number of hydrogen-bond acceptors (Lipinski definition) is 3. The fourth-order valence-electron chi connectivity index (χ4n) is 11.3. The van der Waals surface area contributed by atoms with Crippen LogP contribution in [0.3, 0.4) is 0 Å². The molecule has 5 aliphatic carbocycles. The van der Waals surface area contributed by atoms with Gasteiger partial charge in [0.2, 0.25) is 0 Å². The lowest BCUT2D eigenvalue weighted by Crippen LogP contribution is -2.61. The summed E-state index contributed by atoms with van der Waals surface area (Å²) in [7, 11) is 0. The first-order chi connectivity index (χ1) is 16.1. The Morgan fingerprint density at radius 2 is 1.60 bits per heavy atom. The van der Waals surface area contributed by atoms with Gasteiger partial charge in [0.25, 0.3) is 0 Å². The Balaban J connectivity index is 1.57. The maximum absolute atomic E-state index is 14.2. The molecule has 0 spiro atoms. The molecule has 3 nitrogen and oxygen atoms in total. The zero-order valence-corrected chi connectivity index (χ0v) is 24.0. The van der Waals surface area contributed by atoms with Crippen LogP contribution in [0.5, 0.6) is 0 Å². The molecule has 3 heteroatoms. The van der Waals surface area contributed by atoms with Crippen molar-refractivity contribution in [2.45, 2.75) is 126 Å². The smallest absolute Gasteiger partial charge is 0.302 e. The molecule has 0 aliphatic heterocycles. The summed E-state index contributed by atoms with van der Waals surface area (Å²) in [5.41, 5.74) is 3.18. The molecule has 0 amide bonds. The van der Waals surface area contributed by atoms with Crippen molar-refractivity contribution in [2.24, 2.45) is 50.7 Å². The van der Waals surface area contributed by atoms with E-state index in [1.807, 2.05) is 0 Å². The SMILES string of the molecule is CC(=O)OC1CCC2(C)C3=C(C(=O)CC2C1(C)C)C1(C)CCC2(C)C(C(C)C)CCC2C1(C)CC3. The molecule has 0 aromatic rings. The minimum Gasteiger partial charge on any atom is -0.462 e. The van der Waals surface area contributed by atoms with Crippen molar-refractivity contribution in [3.05, 3.63) is 11.1 Å². The highest BCUT2D eigenvalue weighted by Crippen LogP contribution is 2.75. The van der Waals surface area contributed by atoms with E-state index >= 15 is 0 Å². The van der Waals surface area contributed by atoms with E-state index in [9.17, 15) is 9.59 Å². The molecule has 5 aliphatic rings. The Morgan fingerprint density at radius 3 is 2.23 bits per heavy atom. The van der Waals surface area contributed by atoms with E-state index in [1.54, 1.807) is 0 Å². The normalized spacial score (nSPS) is 48.7. The second-order valence-electron chi connectivity index (χ2n) is 15.1. The van der Waals surface area contributed by atoms with E-state index in [2.05, 4.69) is 55.4 Å². The number of hydrogen-bond donors (Lipinski definition) is 0. The highest BCUT2D eigenvalue weighted by molar-refractivity contribution is 5.99. The van der Waals surface area contributed by atoms with Gasteiger partial charge in [0.1, 0.15) is 6.10 Å². The highest BCUT2D eigenvalue weighted by atomic mass is 16.5. The first-order valence-corrected chi connectivity index (χ1v) is 14.6. The van der Waals surface area contributed by atoms with E-state index in [0.717, 1.165) is 37.5 Å². The van der Waals surface area contributed by atoms with Crippen LogP contribution in [0.25, 0.3) is 0 Å². The summed E-state index contributed by atoms with van der Waals surface area (Å²) in [6, 6.07) is 0. The number of ketones is 1. The quantitative estimate of drug-likeness (QED) is 0.375. The van der Waals surface area contributed by atoms with Crippen LogP contribution in [0.1, 0.15) is 120 Å². The van der Waals surface area contributed by atoms with E-state index in [1.165, 1.54) is 43.8 Å². The summed E-state index contributed by atoms with van der Waals surface area (Å²) in [6.45, 7) is 21.0. The van der Waals surface area contributed by atoms with Crippen molar-refractivity contribution in [1.82, 2.24) is 0 Å². The van der Waals surface area contributed by atoms with Crippen molar-refractivity contribution in [3.8, 4) is 0 Å². The number of rotatable bonds is 2. The molecule has 3 saturated carbocycles. The lowest BCUT2D eigenvalue weighted by molar-refractivity contribution is -0.169. The van der Waals surface area contributed by atoms with Gasteiger partial charge in [-0.3, -0.25) is 9.59 Å². The van der Waals surface area contributed by atoms with E-state index in [4.69, 9.17) is 4.74 Å². The Morgan fingerprint density at radius 1 is 0.914 bits per heavy atom. The highest BCUT2D eigenvalue weighted by Gasteiger charge is 2.68. The second-order valence-corrected chi connectivity index (χ2v) is 15.1. The summed E-state index contributed by atoms with van der Waals surface area (Å²) >= 11 is 0. The molecule has 0 N–H and O–H groups in total. The van der Waals surface area contributed by atoms with Gasteiger partial charge >= 0.3 is 5.97 Å². The van der Waals surface area contributed by atoms with E-state index < -0.39 is 0 Å². The molecule has 0 bridgehead atoms. The topological polar surface area (TPSA) is 43.4 Å². The van der Waals surface area contributed by atoms with Crippen molar-refractivity contribution in [1.29, 1.82) is 0 Å². The summed E-state index contributed by atoms with van der Waals surface area (Å²) in [5, 5.41) is 0. The molecule has 8 atom stereocenters. The Kier molecular flexibility index (Phi) is 5.62. The first-order valence-electron chi connectivity index (χ1n) is 14.6. The molecule has 0 heterocycles. The lowest BCUT2D eigenvalue weighted by atomic mass is 9.37. The van der Waals surface area contributed by atoms with Gasteiger partial charge in [-0.2, -0.15) is 0 Å². The number of Topliss-reactive ketones (excluding diaryl/α,β-unsaturated/α-hetero) is 1. The van der Waals surface area contributed by atoms with Gasteiger partial charge in [-0.25, -0.2) is 0 Å². The molecule has 5 rings (SSSR count). The number of esters is 1. The van der Waals surface area contributed by atoms with Crippen molar-refractivity contribution in [2.75, 3.05) is 0 Å². The monoisotopic (exact) mass is 482 g/mol. The van der Waals surface area contributed by atoms with Crippen LogP contribution in [-0.4, -0.2) is 17.9 Å². The minimum atomic E-state index is -0.199. The molecule has 8 unspecified atom stereocenters. The van der Waals surface area contributed by atoms with Crippen LogP contribution < -0.4 is 0 Å². The Hall–Kier alpha value is -1.12. The van der Waals surface area contributed by atoms with Crippen LogP contribution in [0.4, 0.5) is 0 Å². The fourth-order valence-corrected chi connectivity index (χ4v) is 11.3. The summed E-state index contributed by atoms with van der Waals surface area (Å²) in [6.07, 6.45) is 9.84. The van der Waals surface area contributed by atoms with Crippen molar-refractivity contribution in [3.63, 3.8) is 0 Å². The van der Waals surface area contributed by atoms with Gasteiger partial charge in [-0.15, -0.1) is 0 Å². The van der Waals surface area contributed by atoms with Gasteiger partial charge in [-0.1, -0.05) is 61.0 Å². The number of fused-ring (bicyclic) bond motifs is 6. The first kappa shape index (κ1) is 25.5. The fraction of sp³-hybridized carbons (Fsp3) is 0.875. The molecule has 3 fully saturated rings. The van der Waals surface area contributed by atoms with Gasteiger partial charge in [-0.05, 0) is 91.3 Å². The van der Waals surface area contributed by atoms with Gasteiger partial charge in [0, 0.05) is 29.7 Å². The Bertz CT molecular complexity index is 973. The van der Waals surface area contributed by atoms with Crippen molar-refractivity contribution >= 4 is 11.8 Å². The summed E-state index contributed by atoms with van der Waals surface area (Å²) < 4.78 is 5.81. The van der Waals surface area contributed by atoms with Gasteiger partial charge in [0.05, 0.1) is 0 Å². The maximum atomic E-state index is 14.2. The molecule has 0 aromatic heterocycles. The van der Waals surface area contributed by atoms with Gasteiger partial charge in [0.15, 0.2) is 5.78 Å². The Labute approximate surface area is 214 Å². The molecule has 0 saturated heterocycles. The number of carbonyl (C=O) groups is 2. The van der Waals surface area contributed by atoms with Crippen LogP contribution in [-0.2, 0) is 14.3 Å². The zero-order chi connectivity index (χ0) is 25.8. The van der Waals surface area contributed by atoms with Gasteiger partial charge < -0.3 is 4.74 Å². The summed E-state index contributed by atoms with van der Waals surface area (Å²) in [4.78, 5) is 26.1. The number of allylic oxidation sites excluding steroid dienone is 2. The molecular formula is C32H50O3. The molecule has 196 valence electrons.